The maximum atomic E-state index is 4.55. The van der Waals surface area contributed by atoms with Gasteiger partial charge in [-0.2, -0.15) is 0 Å². The number of H-pyrrole nitrogens is 1. The summed E-state index contributed by atoms with van der Waals surface area (Å²) < 4.78 is 2.13. The fourth-order valence-electron chi connectivity index (χ4n) is 2.23. The Morgan fingerprint density at radius 2 is 2.32 bits per heavy atom. The van der Waals surface area contributed by atoms with Gasteiger partial charge in [0.25, 0.3) is 0 Å². The molecule has 0 aliphatic heterocycles. The number of hydrogen-bond donors (Lipinski definition) is 2. The predicted molar refractivity (Wildman–Crippen MR) is 73.9 cm³/mol. The summed E-state index contributed by atoms with van der Waals surface area (Å²) >= 11 is 0. The number of imidazole rings is 2. The second-order valence-electron chi connectivity index (χ2n) is 4.54. The third-order valence-corrected chi connectivity index (χ3v) is 3.21. The number of fused-ring (bicyclic) bond motifs is 1. The highest BCUT2D eigenvalue weighted by molar-refractivity contribution is 5.42. The SMILES string of the molecule is Cc1nc2ccccn2c1CNCCc1ncc[nH]1. The van der Waals surface area contributed by atoms with Crippen molar-refractivity contribution in [2.45, 2.75) is 19.9 Å². The molecule has 98 valence electrons. The smallest absolute Gasteiger partial charge is 0.137 e. The number of aromatic nitrogens is 4. The van der Waals surface area contributed by atoms with Crippen LogP contribution in [0.5, 0.6) is 0 Å². The Bertz CT molecular complexity index is 654. The molecule has 3 rings (SSSR count). The second-order valence-corrected chi connectivity index (χ2v) is 4.54. The van der Waals surface area contributed by atoms with E-state index in [0.717, 1.165) is 36.7 Å². The van der Waals surface area contributed by atoms with Gasteiger partial charge in [0.15, 0.2) is 0 Å². The molecule has 0 aliphatic carbocycles. The molecule has 0 fully saturated rings. The molecular weight excluding hydrogens is 238 g/mol. The molecule has 3 aromatic rings. The first-order valence-corrected chi connectivity index (χ1v) is 6.46. The number of aryl methyl sites for hydroxylation is 1. The van der Waals surface area contributed by atoms with Crippen LogP contribution in [0.15, 0.2) is 36.8 Å². The van der Waals surface area contributed by atoms with E-state index in [1.165, 1.54) is 5.69 Å². The molecule has 0 amide bonds. The Balaban J connectivity index is 1.63. The lowest BCUT2D eigenvalue weighted by Gasteiger charge is -2.05. The van der Waals surface area contributed by atoms with Crippen LogP contribution in [0.2, 0.25) is 0 Å². The van der Waals surface area contributed by atoms with Crippen LogP contribution in [0.25, 0.3) is 5.65 Å². The van der Waals surface area contributed by atoms with Gasteiger partial charge in [0, 0.05) is 38.1 Å². The maximum absolute atomic E-state index is 4.55. The summed E-state index contributed by atoms with van der Waals surface area (Å²) in [6.07, 6.45) is 6.59. The Morgan fingerprint density at radius 3 is 3.16 bits per heavy atom. The zero-order valence-corrected chi connectivity index (χ0v) is 10.9. The van der Waals surface area contributed by atoms with E-state index >= 15 is 0 Å². The van der Waals surface area contributed by atoms with Crippen molar-refractivity contribution in [3.05, 3.63) is 54.0 Å². The van der Waals surface area contributed by atoms with E-state index in [1.807, 2.05) is 24.4 Å². The van der Waals surface area contributed by atoms with Gasteiger partial charge < -0.3 is 14.7 Å². The average molecular weight is 255 g/mol. The van der Waals surface area contributed by atoms with E-state index in [9.17, 15) is 0 Å². The number of nitrogens with zero attached hydrogens (tertiary/aromatic N) is 3. The van der Waals surface area contributed by atoms with Gasteiger partial charge in [-0.25, -0.2) is 9.97 Å². The van der Waals surface area contributed by atoms with Crippen molar-refractivity contribution in [2.24, 2.45) is 0 Å². The summed E-state index contributed by atoms with van der Waals surface area (Å²) in [5.41, 5.74) is 3.30. The summed E-state index contributed by atoms with van der Waals surface area (Å²) in [5.74, 6) is 1.02. The summed E-state index contributed by atoms with van der Waals surface area (Å²) in [6, 6.07) is 6.07. The first kappa shape index (κ1) is 11.9. The molecule has 0 saturated carbocycles. The fraction of sp³-hybridized carbons (Fsp3) is 0.286. The van der Waals surface area contributed by atoms with Crippen LogP contribution in [-0.2, 0) is 13.0 Å². The summed E-state index contributed by atoms with van der Waals surface area (Å²) in [5, 5.41) is 3.44. The van der Waals surface area contributed by atoms with Crippen LogP contribution >= 0.6 is 0 Å². The van der Waals surface area contributed by atoms with Crippen molar-refractivity contribution >= 4 is 5.65 Å². The lowest BCUT2D eigenvalue weighted by molar-refractivity contribution is 0.657. The molecule has 3 heterocycles. The van der Waals surface area contributed by atoms with E-state index < -0.39 is 0 Å². The van der Waals surface area contributed by atoms with E-state index in [0.29, 0.717) is 0 Å². The maximum Gasteiger partial charge on any atom is 0.137 e. The highest BCUT2D eigenvalue weighted by Gasteiger charge is 2.07. The Labute approximate surface area is 111 Å². The lowest BCUT2D eigenvalue weighted by atomic mass is 10.3. The van der Waals surface area contributed by atoms with E-state index in [2.05, 4.69) is 37.8 Å². The van der Waals surface area contributed by atoms with Crippen molar-refractivity contribution in [3.63, 3.8) is 0 Å². The summed E-state index contributed by atoms with van der Waals surface area (Å²) in [6.45, 7) is 3.77. The largest absolute Gasteiger partial charge is 0.349 e. The zero-order chi connectivity index (χ0) is 13.1. The monoisotopic (exact) mass is 255 g/mol. The van der Waals surface area contributed by atoms with Gasteiger partial charge >= 0.3 is 0 Å². The molecule has 5 heteroatoms. The van der Waals surface area contributed by atoms with Crippen LogP contribution in [0.1, 0.15) is 17.2 Å². The van der Waals surface area contributed by atoms with Crippen LogP contribution in [0.4, 0.5) is 0 Å². The number of hydrogen-bond acceptors (Lipinski definition) is 3. The van der Waals surface area contributed by atoms with Crippen LogP contribution in [-0.4, -0.2) is 25.9 Å². The standard InChI is InChI=1S/C14H17N5/c1-11-12(19-9-3-2-4-14(19)18-11)10-15-6-5-13-16-7-8-17-13/h2-4,7-9,15H,5-6,10H2,1H3,(H,16,17). The van der Waals surface area contributed by atoms with Gasteiger partial charge in [-0.1, -0.05) is 6.07 Å². The van der Waals surface area contributed by atoms with Crippen LogP contribution in [0.3, 0.4) is 0 Å². The van der Waals surface area contributed by atoms with Gasteiger partial charge in [0.05, 0.1) is 11.4 Å². The van der Waals surface area contributed by atoms with Crippen molar-refractivity contribution in [1.29, 1.82) is 0 Å². The van der Waals surface area contributed by atoms with Crippen LogP contribution < -0.4 is 5.32 Å². The normalized spacial score (nSPS) is 11.2. The fourth-order valence-corrected chi connectivity index (χ4v) is 2.23. The third kappa shape index (κ3) is 2.51. The first-order valence-electron chi connectivity index (χ1n) is 6.46. The van der Waals surface area contributed by atoms with E-state index in [-0.39, 0.29) is 0 Å². The quantitative estimate of drug-likeness (QED) is 0.682. The molecule has 0 saturated heterocycles. The highest BCUT2D eigenvalue weighted by Crippen LogP contribution is 2.11. The molecule has 0 atom stereocenters. The van der Waals surface area contributed by atoms with Crippen molar-refractivity contribution in [2.75, 3.05) is 6.54 Å². The topological polar surface area (TPSA) is 58.0 Å². The number of rotatable bonds is 5. The molecule has 0 unspecified atom stereocenters. The first-order chi connectivity index (χ1) is 9.34. The molecule has 0 radical (unpaired) electrons. The zero-order valence-electron chi connectivity index (χ0n) is 10.9. The average Bonchev–Trinajstić information content (AvgIpc) is 3.02. The number of pyridine rings is 1. The number of nitrogens with one attached hydrogen (secondary N) is 2. The van der Waals surface area contributed by atoms with Gasteiger partial charge in [-0.15, -0.1) is 0 Å². The van der Waals surface area contributed by atoms with Gasteiger partial charge in [-0.3, -0.25) is 0 Å². The van der Waals surface area contributed by atoms with Crippen molar-refractivity contribution in [3.8, 4) is 0 Å². The second kappa shape index (κ2) is 5.24. The van der Waals surface area contributed by atoms with Gasteiger partial charge in [-0.05, 0) is 19.1 Å². The molecule has 2 N–H and O–H groups in total. The minimum atomic E-state index is 0.817. The summed E-state index contributed by atoms with van der Waals surface area (Å²) in [7, 11) is 0. The molecule has 0 spiro atoms. The molecule has 0 aromatic carbocycles. The third-order valence-electron chi connectivity index (χ3n) is 3.21. The predicted octanol–water partition coefficient (Wildman–Crippen LogP) is 1.70. The molecule has 0 bridgehead atoms. The molecular formula is C14H17N5. The molecule has 19 heavy (non-hydrogen) atoms. The Hall–Kier alpha value is -2.14. The Morgan fingerprint density at radius 1 is 1.37 bits per heavy atom. The molecule has 5 nitrogen and oxygen atoms in total. The lowest BCUT2D eigenvalue weighted by Crippen LogP contribution is -2.18. The number of aromatic amines is 1. The highest BCUT2D eigenvalue weighted by atomic mass is 15.0. The van der Waals surface area contributed by atoms with Gasteiger partial charge in [0.2, 0.25) is 0 Å². The van der Waals surface area contributed by atoms with Crippen LogP contribution in [0, 0.1) is 6.92 Å². The Kier molecular flexibility index (Phi) is 3.29. The van der Waals surface area contributed by atoms with Crippen molar-refractivity contribution in [1.82, 2.24) is 24.7 Å². The minimum absolute atomic E-state index is 0.817. The van der Waals surface area contributed by atoms with E-state index in [4.69, 9.17) is 0 Å². The molecule has 3 aromatic heterocycles. The van der Waals surface area contributed by atoms with Gasteiger partial charge in [0.1, 0.15) is 11.5 Å². The minimum Gasteiger partial charge on any atom is -0.349 e. The van der Waals surface area contributed by atoms with E-state index in [1.54, 1.807) is 6.20 Å². The van der Waals surface area contributed by atoms with Crippen molar-refractivity contribution < 1.29 is 0 Å². The molecule has 0 aliphatic rings. The summed E-state index contributed by atoms with van der Waals surface area (Å²) in [4.78, 5) is 11.9.